The van der Waals surface area contributed by atoms with Gasteiger partial charge in [0.1, 0.15) is 12.1 Å². The summed E-state index contributed by atoms with van der Waals surface area (Å²) in [7, 11) is 0. The van der Waals surface area contributed by atoms with E-state index in [1.54, 1.807) is 0 Å². The van der Waals surface area contributed by atoms with E-state index in [4.69, 9.17) is 4.98 Å². The van der Waals surface area contributed by atoms with Crippen LogP contribution in [0.1, 0.15) is 74.3 Å². The average Bonchev–Trinajstić information content (AvgIpc) is 3.52. The molecule has 0 spiro atoms. The minimum absolute atomic E-state index is 0.0262. The lowest BCUT2D eigenvalue weighted by Gasteiger charge is -2.30. The predicted octanol–water partition coefficient (Wildman–Crippen LogP) is 4.85. The number of halogens is 1. The number of rotatable bonds is 8. The fraction of sp³-hybridized carbons (Fsp3) is 0.467. The highest BCUT2D eigenvalue weighted by molar-refractivity contribution is 6.04. The van der Waals surface area contributed by atoms with E-state index >= 15 is 0 Å². The van der Waals surface area contributed by atoms with Gasteiger partial charge in [0, 0.05) is 30.1 Å². The highest BCUT2D eigenvalue weighted by Gasteiger charge is 2.30. The molecule has 1 aromatic heterocycles. The first-order valence-corrected chi connectivity index (χ1v) is 13.9. The van der Waals surface area contributed by atoms with Crippen molar-refractivity contribution in [3.05, 3.63) is 59.4 Å². The third kappa shape index (κ3) is 6.03. The lowest BCUT2D eigenvalue weighted by atomic mass is 9.85. The molecule has 2 aromatic carbocycles. The van der Waals surface area contributed by atoms with E-state index in [-0.39, 0.29) is 35.9 Å². The van der Waals surface area contributed by atoms with Gasteiger partial charge in [0.05, 0.1) is 17.1 Å². The van der Waals surface area contributed by atoms with Gasteiger partial charge in [-0.25, -0.2) is 9.37 Å². The second-order valence-corrected chi connectivity index (χ2v) is 11.1. The number of aromatic nitrogens is 2. The number of aldehydes is 1. The zero-order chi connectivity index (χ0) is 27.5. The van der Waals surface area contributed by atoms with Gasteiger partial charge in [0.2, 0.25) is 11.9 Å². The third-order valence-corrected chi connectivity index (χ3v) is 7.91. The Labute approximate surface area is 228 Å². The van der Waals surface area contributed by atoms with Crippen LogP contribution in [0.4, 0.5) is 10.3 Å². The minimum Gasteiger partial charge on any atom is -0.354 e. The van der Waals surface area contributed by atoms with Gasteiger partial charge in [-0.2, -0.15) is 0 Å². The molecule has 0 radical (unpaired) electrons. The SMILES string of the molecule is CC(C)NC(=O)C1CCC(n2c(NC(=O)c3ccc(F)cc3)nc3ccc(CN4CCC[C@@H]4C=O)cc32)CC1. The summed E-state index contributed by atoms with van der Waals surface area (Å²) in [5.74, 6) is -0.247. The van der Waals surface area contributed by atoms with Crippen molar-refractivity contribution in [2.45, 2.75) is 77.0 Å². The largest absolute Gasteiger partial charge is 0.354 e. The standard InChI is InChI=1S/C30H36FN5O3/c1-19(2)32-28(38)22-8-12-24(13-9-22)36-27-16-20(17-35-15-3-4-25(35)18-37)5-14-26(27)33-30(36)34-29(39)21-6-10-23(31)11-7-21/h5-7,10-11,14,16,18-19,22,24-25H,3-4,8-9,12-13,15,17H2,1-2H3,(H,32,38)(H,33,34,39)/t22?,24?,25-/m1/s1. The molecular formula is C30H36FN5O3. The molecule has 1 saturated carbocycles. The van der Waals surface area contributed by atoms with E-state index in [0.717, 1.165) is 68.0 Å². The Balaban J connectivity index is 1.44. The van der Waals surface area contributed by atoms with Crippen molar-refractivity contribution >= 4 is 35.1 Å². The molecule has 206 valence electrons. The Bertz CT molecular complexity index is 1340. The van der Waals surface area contributed by atoms with E-state index in [9.17, 15) is 18.8 Å². The lowest BCUT2D eigenvalue weighted by molar-refractivity contribution is -0.126. The summed E-state index contributed by atoms with van der Waals surface area (Å²) in [4.78, 5) is 44.2. The number of carbonyl (C=O) groups excluding carboxylic acids is 3. The zero-order valence-corrected chi connectivity index (χ0v) is 22.5. The summed E-state index contributed by atoms with van der Waals surface area (Å²) in [6.07, 6.45) is 6.00. The molecule has 9 heteroatoms. The van der Waals surface area contributed by atoms with Gasteiger partial charge in [-0.15, -0.1) is 0 Å². The van der Waals surface area contributed by atoms with Gasteiger partial charge in [0.25, 0.3) is 5.91 Å². The maximum Gasteiger partial charge on any atom is 0.257 e. The first-order chi connectivity index (χ1) is 18.8. The number of nitrogens with zero attached hydrogens (tertiary/aromatic N) is 3. The lowest BCUT2D eigenvalue weighted by Crippen LogP contribution is -2.37. The van der Waals surface area contributed by atoms with Crippen LogP contribution in [0.3, 0.4) is 0 Å². The van der Waals surface area contributed by atoms with Crippen molar-refractivity contribution in [3.63, 3.8) is 0 Å². The van der Waals surface area contributed by atoms with Crippen molar-refractivity contribution in [2.24, 2.45) is 5.92 Å². The van der Waals surface area contributed by atoms with Gasteiger partial charge in [-0.05, 0) is 101 Å². The number of hydrogen-bond acceptors (Lipinski definition) is 5. The third-order valence-electron chi connectivity index (χ3n) is 7.91. The fourth-order valence-corrected chi connectivity index (χ4v) is 5.91. The summed E-state index contributed by atoms with van der Waals surface area (Å²) in [5.41, 5.74) is 3.11. The Morgan fingerprint density at radius 1 is 1.08 bits per heavy atom. The Hall–Kier alpha value is -3.59. The Morgan fingerprint density at radius 2 is 1.82 bits per heavy atom. The first kappa shape index (κ1) is 27.0. The molecule has 2 amide bonds. The second kappa shape index (κ2) is 11.7. The Morgan fingerprint density at radius 3 is 2.51 bits per heavy atom. The topological polar surface area (TPSA) is 96.3 Å². The quantitative estimate of drug-likeness (QED) is 0.404. The van der Waals surface area contributed by atoms with Crippen molar-refractivity contribution in [2.75, 3.05) is 11.9 Å². The number of carbonyl (C=O) groups is 3. The maximum atomic E-state index is 13.4. The van der Waals surface area contributed by atoms with Crippen molar-refractivity contribution < 1.29 is 18.8 Å². The zero-order valence-electron chi connectivity index (χ0n) is 22.5. The number of hydrogen-bond donors (Lipinski definition) is 2. The first-order valence-electron chi connectivity index (χ1n) is 13.9. The summed E-state index contributed by atoms with van der Waals surface area (Å²) in [5, 5.41) is 5.99. The highest BCUT2D eigenvalue weighted by atomic mass is 19.1. The molecule has 5 rings (SSSR count). The molecule has 1 atom stereocenters. The molecule has 3 aromatic rings. The van der Waals surface area contributed by atoms with Crippen LogP contribution in [0.15, 0.2) is 42.5 Å². The number of benzene rings is 2. The van der Waals surface area contributed by atoms with E-state index in [0.29, 0.717) is 18.1 Å². The van der Waals surface area contributed by atoms with Crippen LogP contribution < -0.4 is 10.6 Å². The number of fused-ring (bicyclic) bond motifs is 1. The molecular weight excluding hydrogens is 497 g/mol. The molecule has 1 aliphatic carbocycles. The van der Waals surface area contributed by atoms with E-state index in [1.165, 1.54) is 24.3 Å². The van der Waals surface area contributed by atoms with Crippen molar-refractivity contribution in [1.82, 2.24) is 19.8 Å². The number of anilines is 1. The average molecular weight is 534 g/mol. The summed E-state index contributed by atoms with van der Waals surface area (Å²) in [6, 6.07) is 11.6. The molecule has 0 bridgehead atoms. The van der Waals surface area contributed by atoms with E-state index < -0.39 is 5.82 Å². The Kier molecular flexibility index (Phi) is 8.07. The highest BCUT2D eigenvalue weighted by Crippen LogP contribution is 2.37. The van der Waals surface area contributed by atoms with Crippen LogP contribution in [0, 0.1) is 11.7 Å². The number of likely N-dealkylation sites (tertiary alicyclic amines) is 1. The van der Waals surface area contributed by atoms with Crippen molar-refractivity contribution in [3.8, 4) is 0 Å². The molecule has 2 aliphatic rings. The predicted molar refractivity (Wildman–Crippen MR) is 148 cm³/mol. The van der Waals surface area contributed by atoms with Crippen LogP contribution in [0.2, 0.25) is 0 Å². The molecule has 2 fully saturated rings. The van der Waals surface area contributed by atoms with Gasteiger partial charge in [0.15, 0.2) is 0 Å². The molecule has 0 unspecified atom stereocenters. The van der Waals surface area contributed by atoms with Crippen LogP contribution >= 0.6 is 0 Å². The summed E-state index contributed by atoms with van der Waals surface area (Å²) < 4.78 is 15.5. The molecule has 2 heterocycles. The number of amides is 2. The van der Waals surface area contributed by atoms with Crippen LogP contribution in [-0.2, 0) is 16.1 Å². The fourth-order valence-electron chi connectivity index (χ4n) is 5.91. The van der Waals surface area contributed by atoms with Crippen LogP contribution in [-0.4, -0.2) is 51.2 Å². The van der Waals surface area contributed by atoms with Crippen molar-refractivity contribution in [1.29, 1.82) is 0 Å². The number of imidazole rings is 1. The minimum atomic E-state index is -0.403. The molecule has 1 aliphatic heterocycles. The van der Waals surface area contributed by atoms with E-state index in [2.05, 4.69) is 26.2 Å². The maximum absolute atomic E-state index is 13.4. The summed E-state index contributed by atoms with van der Waals surface area (Å²) in [6.45, 7) is 5.49. The molecule has 2 N–H and O–H groups in total. The van der Waals surface area contributed by atoms with Gasteiger partial charge in [-0.3, -0.25) is 19.8 Å². The van der Waals surface area contributed by atoms with Gasteiger partial charge < -0.3 is 14.7 Å². The van der Waals surface area contributed by atoms with E-state index in [1.807, 2.05) is 26.0 Å². The molecule has 1 saturated heterocycles. The molecule has 39 heavy (non-hydrogen) atoms. The van der Waals surface area contributed by atoms with Gasteiger partial charge >= 0.3 is 0 Å². The second-order valence-electron chi connectivity index (χ2n) is 11.1. The van der Waals surface area contributed by atoms with Crippen LogP contribution in [0.25, 0.3) is 11.0 Å². The normalized spacial score (nSPS) is 21.8. The molecule has 8 nitrogen and oxygen atoms in total. The number of nitrogens with one attached hydrogen (secondary N) is 2. The monoisotopic (exact) mass is 533 g/mol. The smallest absolute Gasteiger partial charge is 0.257 e. The summed E-state index contributed by atoms with van der Waals surface area (Å²) >= 11 is 0. The van der Waals surface area contributed by atoms with Crippen LogP contribution in [0.5, 0.6) is 0 Å². The van der Waals surface area contributed by atoms with Gasteiger partial charge in [-0.1, -0.05) is 6.07 Å².